The van der Waals surface area contributed by atoms with E-state index < -0.39 is 29.4 Å². The second-order valence-electron chi connectivity index (χ2n) is 10.9. The fourth-order valence-electron chi connectivity index (χ4n) is 4.65. The van der Waals surface area contributed by atoms with E-state index in [1.165, 1.54) is 29.1 Å². The molecule has 5 rings (SSSR count). The van der Waals surface area contributed by atoms with E-state index in [9.17, 15) is 18.4 Å². The van der Waals surface area contributed by atoms with Crippen molar-refractivity contribution in [1.29, 1.82) is 0 Å². The highest BCUT2D eigenvalue weighted by Crippen LogP contribution is 2.34. The van der Waals surface area contributed by atoms with Gasteiger partial charge in [-0.15, -0.1) is 16.4 Å². The van der Waals surface area contributed by atoms with Crippen LogP contribution in [0.5, 0.6) is 0 Å². The predicted octanol–water partition coefficient (Wildman–Crippen LogP) is 5.68. The van der Waals surface area contributed by atoms with Crippen LogP contribution in [-0.2, 0) is 9.47 Å². The normalized spacial score (nSPS) is 17.1. The summed E-state index contributed by atoms with van der Waals surface area (Å²) in [6.07, 6.45) is 6.92. The molecule has 1 N–H and O–H groups in total. The summed E-state index contributed by atoms with van der Waals surface area (Å²) in [6, 6.07) is 1.87. The number of thiazole rings is 1. The first-order chi connectivity index (χ1) is 20.5. The van der Waals surface area contributed by atoms with Gasteiger partial charge in [0, 0.05) is 18.2 Å². The number of hydrogen-bond donors (Lipinski definition) is 1. The maximum Gasteiger partial charge on any atom is 0.535 e. The molecular formula is C28H31F2N7O5S. The van der Waals surface area contributed by atoms with Crippen LogP contribution in [0.4, 0.5) is 19.3 Å². The van der Waals surface area contributed by atoms with Gasteiger partial charge in [0.15, 0.2) is 5.82 Å². The number of pyridine rings is 1. The summed E-state index contributed by atoms with van der Waals surface area (Å²) in [5, 5.41) is 13.2. The van der Waals surface area contributed by atoms with E-state index in [2.05, 4.69) is 25.5 Å². The van der Waals surface area contributed by atoms with Crippen molar-refractivity contribution in [3.63, 3.8) is 0 Å². The number of carbonyl (C=O) groups is 2. The van der Waals surface area contributed by atoms with Crippen molar-refractivity contribution in [3.05, 3.63) is 53.6 Å². The van der Waals surface area contributed by atoms with E-state index in [1.54, 1.807) is 31.6 Å². The highest BCUT2D eigenvalue weighted by Gasteiger charge is 2.27. The largest absolute Gasteiger partial charge is 0.535 e. The number of amides is 1. The Bertz CT molecular complexity index is 1600. The van der Waals surface area contributed by atoms with Crippen molar-refractivity contribution < 1.29 is 32.7 Å². The van der Waals surface area contributed by atoms with Gasteiger partial charge in [-0.1, -0.05) is 4.85 Å². The van der Waals surface area contributed by atoms with Crippen LogP contribution in [0.15, 0.2) is 36.1 Å². The molecule has 0 bridgehead atoms. The van der Waals surface area contributed by atoms with E-state index in [-0.39, 0.29) is 34.9 Å². The van der Waals surface area contributed by atoms with Gasteiger partial charge in [-0.25, -0.2) is 19.2 Å². The van der Waals surface area contributed by atoms with E-state index in [4.69, 9.17) is 14.3 Å². The van der Waals surface area contributed by atoms with Gasteiger partial charge in [-0.2, -0.15) is 9.49 Å². The fourth-order valence-corrected chi connectivity index (χ4v) is 5.42. The molecule has 0 aliphatic heterocycles. The lowest BCUT2D eigenvalue weighted by atomic mass is 9.93. The molecule has 1 saturated carbocycles. The molecule has 43 heavy (non-hydrogen) atoms. The van der Waals surface area contributed by atoms with Crippen LogP contribution in [0, 0.1) is 11.8 Å². The van der Waals surface area contributed by atoms with Gasteiger partial charge in [-0.05, 0) is 65.5 Å². The lowest BCUT2D eigenvalue weighted by Gasteiger charge is -2.28. The van der Waals surface area contributed by atoms with E-state index in [0.29, 0.717) is 17.2 Å². The minimum absolute atomic E-state index is 0.00769. The zero-order valence-electron chi connectivity index (χ0n) is 24.0. The maximum atomic E-state index is 14.8. The number of aromatic nitrogens is 6. The molecule has 1 aliphatic rings. The average molecular weight is 616 g/mol. The Morgan fingerprint density at radius 1 is 1.09 bits per heavy atom. The molecule has 0 spiro atoms. The maximum absolute atomic E-state index is 14.8. The van der Waals surface area contributed by atoms with Crippen molar-refractivity contribution in [2.24, 2.45) is 0 Å². The van der Waals surface area contributed by atoms with Crippen LogP contribution in [-0.4, -0.2) is 60.1 Å². The van der Waals surface area contributed by atoms with Crippen LogP contribution in [0.1, 0.15) is 69.9 Å². The lowest BCUT2D eigenvalue weighted by Crippen LogP contribution is -2.30. The molecule has 0 saturated heterocycles. The smallest absolute Gasteiger partial charge is 0.427 e. The van der Waals surface area contributed by atoms with Crippen molar-refractivity contribution in [3.8, 4) is 22.0 Å². The Morgan fingerprint density at radius 2 is 1.86 bits per heavy atom. The van der Waals surface area contributed by atoms with Crippen LogP contribution < -0.4 is 10.2 Å². The first kappa shape index (κ1) is 30.2. The van der Waals surface area contributed by atoms with Crippen molar-refractivity contribution in [2.45, 2.75) is 71.1 Å². The van der Waals surface area contributed by atoms with Crippen molar-refractivity contribution in [2.75, 3.05) is 11.9 Å². The molecule has 0 atom stereocenters. The summed E-state index contributed by atoms with van der Waals surface area (Å²) in [4.78, 5) is 39.2. The molecule has 15 heteroatoms. The minimum Gasteiger partial charge on any atom is -0.427 e. The van der Waals surface area contributed by atoms with E-state index >= 15 is 0 Å². The highest BCUT2D eigenvalue weighted by molar-refractivity contribution is 7.13. The molecule has 4 aromatic heterocycles. The summed E-state index contributed by atoms with van der Waals surface area (Å²) in [6.45, 7) is 7.72. The van der Waals surface area contributed by atoms with Crippen molar-refractivity contribution in [1.82, 2.24) is 29.7 Å². The number of hydrogen-bond acceptors (Lipinski definition) is 10. The third-order valence-electron chi connectivity index (χ3n) is 6.54. The molecule has 0 radical (unpaired) electrons. The van der Waals surface area contributed by atoms with Gasteiger partial charge in [0.1, 0.15) is 27.7 Å². The topological polar surface area (TPSA) is 135 Å². The monoisotopic (exact) mass is 615 g/mol. The Morgan fingerprint density at radius 3 is 2.58 bits per heavy atom. The third kappa shape index (κ3) is 7.40. The number of carbonyl (C=O) groups excluding carboxylic acids is 2. The van der Waals surface area contributed by atoms with Gasteiger partial charge >= 0.3 is 6.16 Å². The Kier molecular flexibility index (Phi) is 8.82. The van der Waals surface area contributed by atoms with Gasteiger partial charge < -0.3 is 14.8 Å². The molecule has 1 aliphatic carbocycles. The first-order valence-electron chi connectivity index (χ1n) is 13.8. The van der Waals surface area contributed by atoms with Crippen LogP contribution in [0.25, 0.3) is 22.0 Å². The summed E-state index contributed by atoms with van der Waals surface area (Å²) in [5.74, 6) is -2.23. The number of anilines is 1. The molecule has 4 heterocycles. The molecule has 0 unspecified atom stereocenters. The predicted molar refractivity (Wildman–Crippen MR) is 152 cm³/mol. The van der Waals surface area contributed by atoms with Gasteiger partial charge in [0.05, 0.1) is 35.8 Å². The average Bonchev–Trinajstić information content (AvgIpc) is 3.70. The lowest BCUT2D eigenvalue weighted by molar-refractivity contribution is -0.0171. The van der Waals surface area contributed by atoms with E-state index in [0.717, 1.165) is 42.7 Å². The van der Waals surface area contributed by atoms with Gasteiger partial charge in [-0.3, -0.25) is 14.3 Å². The second kappa shape index (κ2) is 12.6. The summed E-state index contributed by atoms with van der Waals surface area (Å²) in [7, 11) is 0. The Balaban J connectivity index is 1.34. The van der Waals surface area contributed by atoms with Gasteiger partial charge in [0.2, 0.25) is 5.95 Å². The number of rotatable bonds is 8. The number of nitrogens with one attached hydrogen (secondary N) is 1. The van der Waals surface area contributed by atoms with Crippen LogP contribution in [0.2, 0.25) is 0 Å². The van der Waals surface area contributed by atoms with Gasteiger partial charge in [0.25, 0.3) is 5.91 Å². The molecule has 12 nitrogen and oxygen atoms in total. The highest BCUT2D eigenvalue weighted by atomic mass is 32.1. The molecule has 228 valence electrons. The minimum atomic E-state index is -0.927. The van der Waals surface area contributed by atoms with Crippen LogP contribution in [0.3, 0.4) is 0 Å². The summed E-state index contributed by atoms with van der Waals surface area (Å²) in [5.41, 5.74) is -0.302. The molecule has 1 fully saturated rings. The first-order valence-corrected chi connectivity index (χ1v) is 14.6. The quantitative estimate of drug-likeness (QED) is 0.196. The van der Waals surface area contributed by atoms with Crippen molar-refractivity contribution >= 4 is 29.1 Å². The molecule has 0 aromatic carbocycles. The fraction of sp³-hybridized carbons (Fsp3) is 0.429. The zero-order valence-corrected chi connectivity index (χ0v) is 24.9. The molecular weight excluding hydrogens is 584 g/mol. The SMILES string of the molecule is CCOC1CCC(n2cc(NC(=O)c3csc(-c4cnn(OC(=O)OC(C)(C)C)c4)n3)c(-c3nc(F)ccc3F)n2)CC1. The Labute approximate surface area is 249 Å². The summed E-state index contributed by atoms with van der Waals surface area (Å²) < 4.78 is 41.3. The number of ether oxygens (including phenoxy) is 2. The zero-order chi connectivity index (χ0) is 30.7. The standard InChI is InChI=1S/C28H31F2N7O5S/c1-5-40-18-8-6-17(7-9-18)36-14-20(24(35-36)23-19(29)10-11-22(30)34-23)32-25(38)21-15-43-26(33-21)16-12-31-37(13-16)42-27(39)41-28(2,3)4/h10-15,17-18H,5-9H2,1-4H3,(H,32,38). The second-order valence-corrected chi connectivity index (χ2v) is 11.8. The third-order valence-corrected chi connectivity index (χ3v) is 7.43. The number of halogens is 2. The Hall–Kier alpha value is -4.24. The summed E-state index contributed by atoms with van der Waals surface area (Å²) >= 11 is 1.17. The number of nitrogens with zero attached hydrogens (tertiary/aromatic N) is 6. The van der Waals surface area contributed by atoms with E-state index in [1.807, 2.05) is 6.92 Å². The molecule has 4 aromatic rings. The van der Waals surface area contributed by atoms with Crippen LogP contribution >= 0.6 is 11.3 Å². The molecule has 1 amide bonds.